The Morgan fingerprint density at radius 1 is 1.29 bits per heavy atom. The molecule has 17 heavy (non-hydrogen) atoms. The van der Waals surface area contributed by atoms with Gasteiger partial charge in [0.05, 0.1) is 11.0 Å². The third-order valence-corrected chi connectivity index (χ3v) is 3.98. The Labute approximate surface area is 105 Å². The molecule has 0 unspecified atom stereocenters. The van der Waals surface area contributed by atoms with Gasteiger partial charge < -0.3 is 14.3 Å². The Kier molecular flexibility index (Phi) is 2.56. The number of para-hydroxylation sites is 2. The first kappa shape index (κ1) is 11.0. The van der Waals surface area contributed by atoms with E-state index in [0.29, 0.717) is 0 Å². The lowest BCUT2D eigenvalue weighted by Crippen LogP contribution is -2.36. The van der Waals surface area contributed by atoms with Gasteiger partial charge in [0.15, 0.2) is 4.77 Å². The highest BCUT2D eigenvalue weighted by molar-refractivity contribution is 7.71. The second kappa shape index (κ2) is 3.96. The number of imidazole rings is 1. The van der Waals surface area contributed by atoms with Crippen molar-refractivity contribution in [1.29, 1.82) is 0 Å². The van der Waals surface area contributed by atoms with Crippen LogP contribution >= 0.6 is 12.2 Å². The van der Waals surface area contributed by atoms with E-state index < -0.39 is 0 Å². The summed E-state index contributed by atoms with van der Waals surface area (Å²) in [6.45, 7) is 3.90. The van der Waals surface area contributed by atoms with E-state index in [0.717, 1.165) is 36.3 Å². The summed E-state index contributed by atoms with van der Waals surface area (Å²) < 4.78 is 8.54. The SMILES string of the molecule is CC1(n2c(=S)[nH]c3ccccc32)CCOCC1. The summed E-state index contributed by atoms with van der Waals surface area (Å²) in [6, 6.07) is 8.29. The second-order valence-electron chi connectivity index (χ2n) is 4.89. The van der Waals surface area contributed by atoms with Crippen LogP contribution in [0, 0.1) is 4.77 Å². The van der Waals surface area contributed by atoms with Crippen LogP contribution in [0.4, 0.5) is 0 Å². The molecule has 2 heterocycles. The van der Waals surface area contributed by atoms with Crippen molar-refractivity contribution in [3.63, 3.8) is 0 Å². The number of benzene rings is 1. The standard InChI is InChI=1S/C13H16N2OS/c1-13(6-8-16-9-7-13)15-11-5-3-2-4-10(11)14-12(15)17/h2-5H,6-9H2,1H3,(H,14,17). The van der Waals surface area contributed by atoms with Crippen LogP contribution in [0.2, 0.25) is 0 Å². The summed E-state index contributed by atoms with van der Waals surface area (Å²) in [5, 5.41) is 0. The minimum atomic E-state index is 0.0783. The third kappa shape index (κ3) is 1.72. The zero-order valence-electron chi connectivity index (χ0n) is 9.90. The molecule has 0 radical (unpaired) electrons. The van der Waals surface area contributed by atoms with Crippen molar-refractivity contribution in [3.8, 4) is 0 Å². The number of ether oxygens (including phenoxy) is 1. The van der Waals surface area contributed by atoms with Gasteiger partial charge >= 0.3 is 0 Å². The molecule has 2 aromatic rings. The molecule has 1 fully saturated rings. The number of fused-ring (bicyclic) bond motifs is 1. The van der Waals surface area contributed by atoms with Gasteiger partial charge in [0.2, 0.25) is 0 Å². The van der Waals surface area contributed by atoms with Crippen molar-refractivity contribution < 1.29 is 4.74 Å². The van der Waals surface area contributed by atoms with Crippen LogP contribution in [0.15, 0.2) is 24.3 Å². The van der Waals surface area contributed by atoms with Gasteiger partial charge in [-0.05, 0) is 44.1 Å². The van der Waals surface area contributed by atoms with Crippen LogP contribution in [0.3, 0.4) is 0 Å². The molecule has 3 nitrogen and oxygen atoms in total. The molecule has 3 rings (SSSR count). The molecule has 1 saturated heterocycles. The fraction of sp³-hybridized carbons (Fsp3) is 0.462. The topological polar surface area (TPSA) is 29.9 Å². The lowest BCUT2D eigenvalue weighted by molar-refractivity contribution is 0.0306. The van der Waals surface area contributed by atoms with Crippen molar-refractivity contribution >= 4 is 23.3 Å². The molecule has 1 aliphatic heterocycles. The average molecular weight is 248 g/mol. The molecule has 1 N–H and O–H groups in total. The second-order valence-corrected chi connectivity index (χ2v) is 5.28. The van der Waals surface area contributed by atoms with Crippen LogP contribution in [0.5, 0.6) is 0 Å². The highest BCUT2D eigenvalue weighted by atomic mass is 32.1. The summed E-state index contributed by atoms with van der Waals surface area (Å²) in [4.78, 5) is 3.29. The molecular weight excluding hydrogens is 232 g/mol. The maximum Gasteiger partial charge on any atom is 0.178 e. The van der Waals surface area contributed by atoms with E-state index in [9.17, 15) is 0 Å². The molecular formula is C13H16N2OS. The zero-order valence-corrected chi connectivity index (χ0v) is 10.7. The Bertz CT molecular complexity index is 593. The minimum Gasteiger partial charge on any atom is -0.381 e. The molecule has 0 saturated carbocycles. The predicted molar refractivity (Wildman–Crippen MR) is 70.8 cm³/mol. The summed E-state index contributed by atoms with van der Waals surface area (Å²) in [5.74, 6) is 0. The Morgan fingerprint density at radius 3 is 2.76 bits per heavy atom. The highest BCUT2D eigenvalue weighted by Gasteiger charge is 2.31. The maximum absolute atomic E-state index is 5.47. The predicted octanol–water partition coefficient (Wildman–Crippen LogP) is 3.22. The number of rotatable bonds is 1. The summed E-state index contributed by atoms with van der Waals surface area (Å²) >= 11 is 5.47. The van der Waals surface area contributed by atoms with Gasteiger partial charge in [0.1, 0.15) is 0 Å². The monoisotopic (exact) mass is 248 g/mol. The molecule has 4 heteroatoms. The first-order valence-corrected chi connectivity index (χ1v) is 6.40. The largest absolute Gasteiger partial charge is 0.381 e. The normalized spacial score (nSPS) is 19.6. The number of nitrogens with one attached hydrogen (secondary N) is 1. The first-order valence-electron chi connectivity index (χ1n) is 5.99. The fourth-order valence-corrected chi connectivity index (χ4v) is 3.05. The van der Waals surface area contributed by atoms with Crippen molar-refractivity contribution in [2.45, 2.75) is 25.3 Å². The van der Waals surface area contributed by atoms with Crippen LogP contribution in [0.25, 0.3) is 11.0 Å². The van der Waals surface area contributed by atoms with Gasteiger partial charge in [-0.3, -0.25) is 0 Å². The number of hydrogen-bond acceptors (Lipinski definition) is 2. The smallest absolute Gasteiger partial charge is 0.178 e. The average Bonchev–Trinajstić information content (AvgIpc) is 2.66. The van der Waals surface area contributed by atoms with Crippen molar-refractivity contribution in [3.05, 3.63) is 29.0 Å². The number of nitrogens with zero attached hydrogens (tertiary/aromatic N) is 1. The van der Waals surface area contributed by atoms with Crippen LogP contribution in [-0.2, 0) is 10.3 Å². The third-order valence-electron chi connectivity index (χ3n) is 3.70. The van der Waals surface area contributed by atoms with E-state index >= 15 is 0 Å². The molecule has 0 bridgehead atoms. The Balaban J connectivity index is 2.22. The Morgan fingerprint density at radius 2 is 2.00 bits per heavy atom. The number of H-pyrrole nitrogens is 1. The summed E-state index contributed by atoms with van der Waals surface area (Å²) in [7, 11) is 0. The van der Waals surface area contributed by atoms with E-state index in [1.807, 2.05) is 6.07 Å². The fourth-order valence-electron chi connectivity index (χ4n) is 2.63. The van der Waals surface area contributed by atoms with Gasteiger partial charge in [-0.2, -0.15) is 0 Å². The summed E-state index contributed by atoms with van der Waals surface area (Å²) in [6.07, 6.45) is 2.03. The number of aromatic nitrogens is 2. The van der Waals surface area contributed by atoms with Crippen LogP contribution < -0.4 is 0 Å². The van der Waals surface area contributed by atoms with Crippen molar-refractivity contribution in [2.24, 2.45) is 0 Å². The van der Waals surface area contributed by atoms with Crippen molar-refractivity contribution in [2.75, 3.05) is 13.2 Å². The quantitative estimate of drug-likeness (QED) is 0.785. The van der Waals surface area contributed by atoms with E-state index in [-0.39, 0.29) is 5.54 Å². The minimum absolute atomic E-state index is 0.0783. The van der Waals surface area contributed by atoms with Gasteiger partial charge in [0, 0.05) is 18.8 Å². The summed E-state index contributed by atoms with van der Waals surface area (Å²) in [5.41, 5.74) is 2.39. The molecule has 0 spiro atoms. The van der Waals surface area contributed by atoms with E-state index in [4.69, 9.17) is 17.0 Å². The number of aromatic amines is 1. The lowest BCUT2D eigenvalue weighted by atomic mass is 9.92. The maximum atomic E-state index is 5.47. The molecule has 0 amide bonds. The number of hydrogen-bond donors (Lipinski definition) is 1. The van der Waals surface area contributed by atoms with E-state index in [1.165, 1.54) is 5.52 Å². The highest BCUT2D eigenvalue weighted by Crippen LogP contribution is 2.32. The van der Waals surface area contributed by atoms with Crippen LogP contribution in [0.1, 0.15) is 19.8 Å². The van der Waals surface area contributed by atoms with Gasteiger partial charge in [-0.1, -0.05) is 12.1 Å². The molecule has 1 aliphatic rings. The molecule has 0 aliphatic carbocycles. The van der Waals surface area contributed by atoms with Crippen LogP contribution in [-0.4, -0.2) is 22.8 Å². The lowest BCUT2D eigenvalue weighted by Gasteiger charge is -2.35. The zero-order chi connectivity index (χ0) is 11.9. The van der Waals surface area contributed by atoms with Gasteiger partial charge in [-0.15, -0.1) is 0 Å². The van der Waals surface area contributed by atoms with Gasteiger partial charge in [0.25, 0.3) is 0 Å². The van der Waals surface area contributed by atoms with Crippen molar-refractivity contribution in [1.82, 2.24) is 9.55 Å². The molecule has 1 aromatic heterocycles. The Hall–Kier alpha value is -1.13. The van der Waals surface area contributed by atoms with E-state index in [1.54, 1.807) is 0 Å². The molecule has 90 valence electrons. The molecule has 1 aromatic carbocycles. The van der Waals surface area contributed by atoms with E-state index in [2.05, 4.69) is 34.7 Å². The first-order chi connectivity index (χ1) is 8.21. The van der Waals surface area contributed by atoms with Gasteiger partial charge in [-0.25, -0.2) is 0 Å². The molecule has 0 atom stereocenters.